The first-order valence-corrected chi connectivity index (χ1v) is 16.3. The van der Waals surface area contributed by atoms with Gasteiger partial charge in [0.25, 0.3) is 0 Å². The summed E-state index contributed by atoms with van der Waals surface area (Å²) in [6, 6.07) is 30.9. The molecule has 2 aliphatic rings. The van der Waals surface area contributed by atoms with E-state index in [-0.39, 0.29) is 40.2 Å². The summed E-state index contributed by atoms with van der Waals surface area (Å²) >= 11 is 0. The Morgan fingerprint density at radius 3 is 1.43 bits per heavy atom. The molecule has 51 heavy (non-hydrogen) atoms. The quantitative estimate of drug-likeness (QED) is 0.0858. The molecule has 0 spiro atoms. The van der Waals surface area contributed by atoms with Crippen LogP contribution in [0.5, 0.6) is 51.7 Å². The van der Waals surface area contributed by atoms with Crippen LogP contribution >= 0.6 is 0 Å². The molecular weight excluding hydrogens is 648 g/mol. The average molecular weight is 681 g/mol. The summed E-state index contributed by atoms with van der Waals surface area (Å²) in [5, 5.41) is 73.3. The third kappa shape index (κ3) is 5.84. The molecule has 0 radical (unpaired) electrons. The van der Waals surface area contributed by atoms with Crippen LogP contribution in [0.4, 0.5) is 0 Å². The van der Waals surface area contributed by atoms with Gasteiger partial charge < -0.3 is 45.2 Å². The fourth-order valence-corrected chi connectivity index (χ4v) is 7.24. The molecule has 0 saturated heterocycles. The minimum absolute atomic E-state index is 0.00158. The highest BCUT2D eigenvalue weighted by molar-refractivity contribution is 5.76. The molecule has 0 fully saturated rings. The van der Waals surface area contributed by atoms with Gasteiger partial charge in [0.05, 0.1) is 11.8 Å². The van der Waals surface area contributed by atoms with E-state index >= 15 is 0 Å². The molecule has 0 aliphatic carbocycles. The van der Waals surface area contributed by atoms with Crippen molar-refractivity contribution in [2.24, 2.45) is 0 Å². The van der Waals surface area contributed by atoms with E-state index in [4.69, 9.17) is 9.47 Å². The highest BCUT2D eigenvalue weighted by Gasteiger charge is 2.43. The number of hydrogen-bond donors (Lipinski definition) is 7. The van der Waals surface area contributed by atoms with E-state index in [0.29, 0.717) is 39.3 Å². The van der Waals surface area contributed by atoms with E-state index in [0.717, 1.165) is 16.7 Å². The second kappa shape index (κ2) is 12.3. The van der Waals surface area contributed by atoms with E-state index in [2.05, 4.69) is 0 Å². The van der Waals surface area contributed by atoms with Crippen LogP contribution in [0.15, 0.2) is 115 Å². The molecule has 2 aliphatic heterocycles. The molecule has 9 heteroatoms. The molecule has 7 N–H and O–H groups in total. The zero-order valence-electron chi connectivity index (χ0n) is 26.9. The summed E-state index contributed by atoms with van der Waals surface area (Å²) in [4.78, 5) is 0. The number of rotatable bonds is 6. The lowest BCUT2D eigenvalue weighted by Gasteiger charge is -2.22. The molecular formula is C42H32O9. The zero-order chi connectivity index (χ0) is 35.4. The monoisotopic (exact) mass is 680 g/mol. The van der Waals surface area contributed by atoms with Crippen LogP contribution in [0.25, 0.3) is 12.2 Å². The maximum atomic E-state index is 11.9. The Morgan fingerprint density at radius 2 is 0.863 bits per heavy atom. The third-order valence-corrected chi connectivity index (χ3v) is 9.47. The summed E-state index contributed by atoms with van der Waals surface area (Å²) in [6.45, 7) is 0. The standard InChI is InChI=1S/C42H32O9/c43-28-9-2-22(3-10-28)1-4-25-15-33(48)21-36-37(25)38(41(51-36)23-5-11-29(44)12-6-23)27-18-34(49)40-35(19-27)50-42(24-7-13-30(45)14-8-24)39(40)26-16-31(46)20-32(47)17-26/h1-21,38-39,41-49H/t38-,39+,41+,42-/m0/s1. The predicted molar refractivity (Wildman–Crippen MR) is 190 cm³/mol. The first kappa shape index (κ1) is 31.5. The maximum absolute atomic E-state index is 11.9. The van der Waals surface area contributed by atoms with E-state index in [1.807, 2.05) is 18.2 Å². The fourth-order valence-electron chi connectivity index (χ4n) is 7.24. The van der Waals surface area contributed by atoms with Crippen molar-refractivity contribution < 1.29 is 45.2 Å². The lowest BCUT2D eigenvalue weighted by molar-refractivity contribution is 0.218. The van der Waals surface area contributed by atoms with Gasteiger partial charge in [-0.15, -0.1) is 0 Å². The van der Waals surface area contributed by atoms with Crippen LogP contribution < -0.4 is 9.47 Å². The molecule has 2 heterocycles. The number of phenolic OH excluding ortho intramolecular Hbond substituents is 7. The number of phenols is 7. The Bertz CT molecular complexity index is 2270. The van der Waals surface area contributed by atoms with Crippen LogP contribution in [-0.4, -0.2) is 35.7 Å². The van der Waals surface area contributed by atoms with Gasteiger partial charge in [0, 0.05) is 23.3 Å². The van der Waals surface area contributed by atoms with Crippen LogP contribution in [0.1, 0.15) is 68.6 Å². The number of benzene rings is 6. The van der Waals surface area contributed by atoms with Gasteiger partial charge >= 0.3 is 0 Å². The van der Waals surface area contributed by atoms with Crippen LogP contribution in [0.3, 0.4) is 0 Å². The largest absolute Gasteiger partial charge is 0.508 e. The molecule has 6 aromatic rings. The predicted octanol–water partition coefficient (Wildman–Crippen LogP) is 8.33. The molecule has 0 bridgehead atoms. The van der Waals surface area contributed by atoms with E-state index in [1.54, 1.807) is 91.0 Å². The molecule has 8 rings (SSSR count). The molecule has 254 valence electrons. The summed E-state index contributed by atoms with van der Waals surface area (Å²) < 4.78 is 13.2. The summed E-state index contributed by atoms with van der Waals surface area (Å²) in [7, 11) is 0. The fraction of sp³-hybridized carbons (Fsp3) is 0.0952. The SMILES string of the molecule is Oc1ccc(C=Cc2cc(O)cc3c2[C@H](c2cc(O)c4c(c2)O[C@@H](c2ccc(O)cc2)[C@@H]4c2cc(O)cc(O)c2)[C@@H](c2ccc(O)cc2)O3)cc1. The Hall–Kier alpha value is -6.74. The van der Waals surface area contributed by atoms with Gasteiger partial charge in [0.2, 0.25) is 0 Å². The minimum Gasteiger partial charge on any atom is -0.508 e. The number of aromatic hydroxyl groups is 7. The van der Waals surface area contributed by atoms with Crippen LogP contribution in [0.2, 0.25) is 0 Å². The van der Waals surface area contributed by atoms with Crippen molar-refractivity contribution in [1.29, 1.82) is 0 Å². The van der Waals surface area contributed by atoms with Crippen LogP contribution in [0, 0.1) is 0 Å². The minimum atomic E-state index is -0.691. The summed E-state index contributed by atoms with van der Waals surface area (Å²) in [5.74, 6) is -0.400. The third-order valence-electron chi connectivity index (χ3n) is 9.47. The highest BCUT2D eigenvalue weighted by Crippen LogP contribution is 2.58. The van der Waals surface area contributed by atoms with Gasteiger partial charge in [-0.2, -0.15) is 0 Å². The van der Waals surface area contributed by atoms with E-state index in [9.17, 15) is 35.7 Å². The van der Waals surface area contributed by atoms with Gasteiger partial charge in [-0.05, 0) is 100 Å². The van der Waals surface area contributed by atoms with Crippen molar-refractivity contribution in [2.45, 2.75) is 24.0 Å². The van der Waals surface area contributed by atoms with Crippen molar-refractivity contribution in [2.75, 3.05) is 0 Å². The lowest BCUT2D eigenvalue weighted by Crippen LogP contribution is -2.12. The molecule has 6 aromatic carbocycles. The Morgan fingerprint density at radius 1 is 0.392 bits per heavy atom. The van der Waals surface area contributed by atoms with Gasteiger partial charge in [0.1, 0.15) is 64.0 Å². The number of hydrogen-bond acceptors (Lipinski definition) is 9. The Kier molecular flexibility index (Phi) is 7.60. The molecule has 0 amide bonds. The van der Waals surface area contributed by atoms with Crippen molar-refractivity contribution in [3.63, 3.8) is 0 Å². The Balaban J connectivity index is 1.29. The second-order valence-corrected chi connectivity index (χ2v) is 12.8. The van der Waals surface area contributed by atoms with Gasteiger partial charge in [-0.1, -0.05) is 48.6 Å². The smallest absolute Gasteiger partial charge is 0.135 e. The van der Waals surface area contributed by atoms with Crippen molar-refractivity contribution in [3.05, 3.63) is 160 Å². The highest BCUT2D eigenvalue weighted by atomic mass is 16.5. The molecule has 0 unspecified atom stereocenters. The van der Waals surface area contributed by atoms with E-state index in [1.165, 1.54) is 18.2 Å². The lowest BCUT2D eigenvalue weighted by atomic mass is 9.80. The van der Waals surface area contributed by atoms with Crippen molar-refractivity contribution in [1.82, 2.24) is 0 Å². The van der Waals surface area contributed by atoms with Gasteiger partial charge in [-0.3, -0.25) is 0 Å². The maximum Gasteiger partial charge on any atom is 0.135 e. The van der Waals surface area contributed by atoms with Crippen molar-refractivity contribution >= 4 is 12.2 Å². The van der Waals surface area contributed by atoms with Crippen LogP contribution in [-0.2, 0) is 0 Å². The summed E-state index contributed by atoms with van der Waals surface area (Å²) in [5.41, 5.74) is 5.31. The average Bonchev–Trinajstić information content (AvgIpc) is 3.68. The van der Waals surface area contributed by atoms with Crippen molar-refractivity contribution in [3.8, 4) is 51.7 Å². The molecule has 0 aromatic heterocycles. The number of fused-ring (bicyclic) bond motifs is 2. The molecule has 4 atom stereocenters. The van der Waals surface area contributed by atoms with Gasteiger partial charge in [-0.25, -0.2) is 0 Å². The zero-order valence-corrected chi connectivity index (χ0v) is 26.9. The van der Waals surface area contributed by atoms with E-state index < -0.39 is 24.0 Å². The molecule has 0 saturated carbocycles. The van der Waals surface area contributed by atoms with Gasteiger partial charge in [0.15, 0.2) is 0 Å². The number of ether oxygens (including phenoxy) is 2. The second-order valence-electron chi connectivity index (χ2n) is 12.8. The first-order chi connectivity index (χ1) is 24.6. The normalized spacial score (nSPS) is 19.0. The Labute approximate surface area is 292 Å². The first-order valence-electron chi connectivity index (χ1n) is 16.3. The topological polar surface area (TPSA) is 160 Å². The molecule has 9 nitrogen and oxygen atoms in total. The summed E-state index contributed by atoms with van der Waals surface area (Å²) in [6.07, 6.45) is 2.40.